The Balaban J connectivity index is 1.34. The van der Waals surface area contributed by atoms with E-state index in [0.29, 0.717) is 43.7 Å². The van der Waals surface area contributed by atoms with Crippen molar-refractivity contribution in [1.29, 1.82) is 0 Å². The predicted molar refractivity (Wildman–Crippen MR) is 107 cm³/mol. The summed E-state index contributed by atoms with van der Waals surface area (Å²) < 4.78 is 64.9. The van der Waals surface area contributed by atoms with Gasteiger partial charge in [0.1, 0.15) is 17.8 Å². The fraction of sp³-hybridized carbons (Fsp3) is 0.450. The van der Waals surface area contributed by atoms with Crippen LogP contribution in [0.15, 0.2) is 30.7 Å². The number of nitrogens with zero attached hydrogens (tertiary/aromatic N) is 7. The zero-order valence-corrected chi connectivity index (χ0v) is 17.1. The third-order valence-electron chi connectivity index (χ3n) is 6.05. The maximum absolute atomic E-state index is 13.4. The molecule has 0 atom stereocenters. The van der Waals surface area contributed by atoms with Gasteiger partial charge in [0.2, 0.25) is 5.91 Å². The van der Waals surface area contributed by atoms with Gasteiger partial charge < -0.3 is 4.90 Å². The monoisotopic (exact) mass is 467 g/mol. The van der Waals surface area contributed by atoms with Crippen molar-refractivity contribution in [2.75, 3.05) is 29.4 Å². The van der Waals surface area contributed by atoms with E-state index in [2.05, 4.69) is 20.1 Å². The van der Waals surface area contributed by atoms with Crippen LogP contribution >= 0.6 is 0 Å². The molecular formula is C20H18F5N7O. The van der Waals surface area contributed by atoms with Crippen LogP contribution in [0.1, 0.15) is 18.5 Å². The smallest absolute Gasteiger partial charge is 0.368 e. The van der Waals surface area contributed by atoms with E-state index in [1.165, 1.54) is 23.4 Å². The van der Waals surface area contributed by atoms with Gasteiger partial charge in [-0.1, -0.05) is 0 Å². The molecular weight excluding hydrogens is 449 g/mol. The Bertz CT molecular complexity index is 1190. The van der Waals surface area contributed by atoms with E-state index in [9.17, 15) is 26.7 Å². The van der Waals surface area contributed by atoms with E-state index in [0.717, 1.165) is 16.9 Å². The summed E-state index contributed by atoms with van der Waals surface area (Å²) in [4.78, 5) is 28.7. The number of carbonyl (C=O) groups is 1. The molecule has 5 heterocycles. The summed E-state index contributed by atoms with van der Waals surface area (Å²) in [6.07, 6.45) is -1.88. The minimum absolute atomic E-state index is 0.168. The van der Waals surface area contributed by atoms with Gasteiger partial charge in [-0.05, 0) is 25.0 Å². The Morgan fingerprint density at radius 1 is 1.09 bits per heavy atom. The zero-order valence-electron chi connectivity index (χ0n) is 17.1. The molecule has 0 saturated carbocycles. The molecule has 1 amide bonds. The van der Waals surface area contributed by atoms with Crippen molar-refractivity contribution in [3.63, 3.8) is 0 Å². The lowest BCUT2D eigenvalue weighted by atomic mass is 9.72. The van der Waals surface area contributed by atoms with Crippen LogP contribution in [-0.4, -0.2) is 56.7 Å². The van der Waals surface area contributed by atoms with Gasteiger partial charge in [0.25, 0.3) is 6.43 Å². The number of fused-ring (bicyclic) bond motifs is 1. The number of hydrogen-bond acceptors (Lipinski definition) is 6. The number of amides is 1. The average Bonchev–Trinajstić information content (AvgIpc) is 3.13. The van der Waals surface area contributed by atoms with Gasteiger partial charge in [0, 0.05) is 19.6 Å². The molecule has 2 aliphatic rings. The number of piperidine rings is 1. The first-order valence-corrected chi connectivity index (χ1v) is 10.2. The number of anilines is 2. The van der Waals surface area contributed by atoms with Crippen molar-refractivity contribution in [3.05, 3.63) is 36.4 Å². The molecule has 2 aliphatic heterocycles. The molecule has 0 bridgehead atoms. The van der Waals surface area contributed by atoms with Crippen molar-refractivity contribution in [1.82, 2.24) is 24.7 Å². The van der Waals surface area contributed by atoms with Crippen molar-refractivity contribution >= 4 is 28.6 Å². The highest BCUT2D eigenvalue weighted by Crippen LogP contribution is 2.43. The highest BCUT2D eigenvalue weighted by molar-refractivity contribution is 6.00. The molecule has 8 nitrogen and oxygen atoms in total. The van der Waals surface area contributed by atoms with E-state index in [4.69, 9.17) is 0 Å². The Morgan fingerprint density at radius 2 is 1.88 bits per heavy atom. The SMILES string of the molecule is O=C1N(c2cnc3cnn(CC(F)F)c3n2)CCCC12CN(c1ccc(C(F)(F)F)nc1)C2. The van der Waals surface area contributed by atoms with Crippen LogP contribution in [0, 0.1) is 5.41 Å². The lowest BCUT2D eigenvalue weighted by Gasteiger charge is -2.53. The Morgan fingerprint density at radius 3 is 2.55 bits per heavy atom. The Hall–Kier alpha value is -3.38. The maximum atomic E-state index is 13.4. The third-order valence-corrected chi connectivity index (χ3v) is 6.05. The Labute approximate surface area is 184 Å². The van der Waals surface area contributed by atoms with Gasteiger partial charge in [0.05, 0.1) is 29.7 Å². The number of carbonyl (C=O) groups excluding carboxylic acids is 1. The van der Waals surface area contributed by atoms with Gasteiger partial charge in [-0.15, -0.1) is 0 Å². The van der Waals surface area contributed by atoms with Crippen molar-refractivity contribution in [3.8, 4) is 0 Å². The summed E-state index contributed by atoms with van der Waals surface area (Å²) in [5.41, 5.74) is -0.632. The number of pyridine rings is 1. The summed E-state index contributed by atoms with van der Waals surface area (Å²) in [5, 5.41) is 3.89. The van der Waals surface area contributed by atoms with E-state index >= 15 is 0 Å². The van der Waals surface area contributed by atoms with Crippen molar-refractivity contribution in [2.24, 2.45) is 5.41 Å². The van der Waals surface area contributed by atoms with Crippen LogP contribution in [0.25, 0.3) is 11.2 Å². The third kappa shape index (κ3) is 3.74. The molecule has 0 unspecified atom stereocenters. The molecule has 2 fully saturated rings. The van der Waals surface area contributed by atoms with Crippen molar-refractivity contribution in [2.45, 2.75) is 32.0 Å². The molecule has 1 spiro atoms. The molecule has 5 rings (SSSR count). The van der Waals surface area contributed by atoms with E-state index in [1.54, 1.807) is 4.90 Å². The van der Waals surface area contributed by atoms with Crippen LogP contribution in [0.2, 0.25) is 0 Å². The Kier molecular flexibility index (Phi) is 4.94. The fourth-order valence-corrected chi connectivity index (χ4v) is 4.42. The molecule has 2 saturated heterocycles. The van der Waals surface area contributed by atoms with E-state index in [-0.39, 0.29) is 17.4 Å². The fourth-order valence-electron chi connectivity index (χ4n) is 4.42. The maximum Gasteiger partial charge on any atom is 0.433 e. The quantitative estimate of drug-likeness (QED) is 0.549. The van der Waals surface area contributed by atoms with E-state index in [1.807, 2.05) is 0 Å². The summed E-state index contributed by atoms with van der Waals surface area (Å²) in [6, 6.07) is 2.26. The van der Waals surface area contributed by atoms with Crippen molar-refractivity contribution < 1.29 is 26.7 Å². The summed E-state index contributed by atoms with van der Waals surface area (Å²) in [5.74, 6) is 0.0932. The first-order chi connectivity index (χ1) is 15.7. The van der Waals surface area contributed by atoms with Crippen LogP contribution in [-0.2, 0) is 17.5 Å². The topological polar surface area (TPSA) is 80.0 Å². The second-order valence-electron chi connectivity index (χ2n) is 8.25. The normalized spacial score (nSPS) is 18.4. The first-order valence-electron chi connectivity index (χ1n) is 10.2. The average molecular weight is 467 g/mol. The molecule has 0 aromatic carbocycles. The van der Waals surface area contributed by atoms with E-state index < -0.39 is 30.3 Å². The lowest BCUT2D eigenvalue weighted by molar-refractivity contribution is -0.141. The standard InChI is InChI=1S/C20H18F5N7O/c21-15(22)9-32-17-13(7-28-32)26-8-16(29-17)31-5-1-4-19(18(31)33)10-30(11-19)12-2-3-14(27-6-12)20(23,24)25/h2-3,6-8,15H,1,4-5,9-11H2. The van der Waals surface area contributed by atoms with Crippen LogP contribution in [0.4, 0.5) is 33.5 Å². The minimum atomic E-state index is -4.51. The second-order valence-corrected chi connectivity index (χ2v) is 8.25. The minimum Gasteiger partial charge on any atom is -0.368 e. The van der Waals surface area contributed by atoms with Crippen LogP contribution in [0.3, 0.4) is 0 Å². The molecule has 3 aromatic heterocycles. The van der Waals surface area contributed by atoms with Gasteiger partial charge in [-0.2, -0.15) is 18.3 Å². The highest BCUT2D eigenvalue weighted by atomic mass is 19.4. The second kappa shape index (κ2) is 7.59. The molecule has 0 aliphatic carbocycles. The zero-order chi connectivity index (χ0) is 23.4. The number of rotatable bonds is 4. The molecule has 0 radical (unpaired) electrons. The highest BCUT2D eigenvalue weighted by Gasteiger charge is 2.53. The number of alkyl halides is 5. The molecule has 33 heavy (non-hydrogen) atoms. The van der Waals surface area contributed by atoms with Gasteiger partial charge in [-0.3, -0.25) is 9.69 Å². The van der Waals surface area contributed by atoms with Gasteiger partial charge in [-0.25, -0.2) is 28.4 Å². The molecule has 0 N–H and O–H groups in total. The first kappa shape index (κ1) is 21.5. The van der Waals surface area contributed by atoms with Crippen LogP contribution in [0.5, 0.6) is 0 Å². The predicted octanol–water partition coefficient (Wildman–Crippen LogP) is 3.14. The number of aromatic nitrogens is 5. The van der Waals surface area contributed by atoms with Crippen LogP contribution < -0.4 is 9.80 Å². The molecule has 174 valence electrons. The number of halogens is 5. The largest absolute Gasteiger partial charge is 0.433 e. The summed E-state index contributed by atoms with van der Waals surface area (Å²) >= 11 is 0. The summed E-state index contributed by atoms with van der Waals surface area (Å²) in [7, 11) is 0. The lowest BCUT2D eigenvalue weighted by Crippen LogP contribution is -2.66. The van der Waals surface area contributed by atoms with Gasteiger partial charge >= 0.3 is 6.18 Å². The van der Waals surface area contributed by atoms with Gasteiger partial charge in [0.15, 0.2) is 11.5 Å². The summed E-state index contributed by atoms with van der Waals surface area (Å²) in [6.45, 7) is 0.462. The molecule has 3 aromatic rings. The molecule has 13 heteroatoms. The number of hydrogen-bond donors (Lipinski definition) is 0.